The van der Waals surface area contributed by atoms with Crippen molar-refractivity contribution in [2.24, 2.45) is 0 Å². The van der Waals surface area contributed by atoms with Gasteiger partial charge >= 0.3 is 12.4 Å². The molecule has 2 N–H and O–H groups in total. The smallest absolute Gasteiger partial charge is 0.400 e. The van der Waals surface area contributed by atoms with Gasteiger partial charge in [0.25, 0.3) is 0 Å². The van der Waals surface area contributed by atoms with E-state index < -0.39 is 40.4 Å². The number of hydrogen-bond acceptors (Lipinski definition) is 7. The Balaban J connectivity index is 0.00000245. The molecule has 3 aromatic rings. The summed E-state index contributed by atoms with van der Waals surface area (Å²) in [5, 5.41) is 17.1. The van der Waals surface area contributed by atoms with Crippen molar-refractivity contribution >= 4 is 17.4 Å². The van der Waals surface area contributed by atoms with Crippen LogP contribution in [-0.2, 0) is 33.9 Å². The van der Waals surface area contributed by atoms with Crippen LogP contribution in [0.3, 0.4) is 0 Å². The van der Waals surface area contributed by atoms with Crippen LogP contribution < -0.4 is 9.80 Å². The maximum Gasteiger partial charge on any atom is 0.416 e. The van der Waals surface area contributed by atoms with Gasteiger partial charge in [-0.2, -0.15) is 26.3 Å². The highest BCUT2D eigenvalue weighted by molar-refractivity contribution is 6.03. The maximum absolute atomic E-state index is 14.0. The van der Waals surface area contributed by atoms with Crippen molar-refractivity contribution < 1.29 is 46.1 Å². The maximum atomic E-state index is 14.0. The number of anilines is 2. The lowest BCUT2D eigenvalue weighted by Crippen LogP contribution is -2.58. The van der Waals surface area contributed by atoms with E-state index in [0.717, 1.165) is 20.2 Å². The largest absolute Gasteiger partial charge is 0.416 e. The number of likely N-dealkylation sites (N-methyl/N-ethyl adjacent to an activating group) is 1. The van der Waals surface area contributed by atoms with Crippen LogP contribution in [-0.4, -0.2) is 85.6 Å². The van der Waals surface area contributed by atoms with E-state index in [4.69, 9.17) is 9.84 Å². The molecule has 2 aliphatic rings. The molecule has 8 nitrogen and oxygen atoms in total. The first kappa shape index (κ1) is 36.1. The second-order valence-corrected chi connectivity index (χ2v) is 11.9. The average molecular weight is 669 g/mol. The lowest BCUT2D eigenvalue weighted by atomic mass is 9.81. The summed E-state index contributed by atoms with van der Waals surface area (Å²) in [6, 6.07) is 10.2. The molecule has 1 amide bonds. The third-order valence-corrected chi connectivity index (χ3v) is 8.62. The van der Waals surface area contributed by atoms with Crippen molar-refractivity contribution in [1.82, 2.24) is 9.88 Å². The molecule has 2 fully saturated rings. The summed E-state index contributed by atoms with van der Waals surface area (Å²) in [5.41, 5.74) is -3.26. The summed E-state index contributed by atoms with van der Waals surface area (Å²) in [6.45, 7) is 6.55. The molecule has 14 heteroatoms. The molecule has 2 saturated heterocycles. The highest BCUT2D eigenvalue weighted by Crippen LogP contribution is 2.41. The fourth-order valence-electron chi connectivity index (χ4n) is 5.94. The fourth-order valence-corrected chi connectivity index (χ4v) is 5.94. The second-order valence-electron chi connectivity index (χ2n) is 11.9. The van der Waals surface area contributed by atoms with E-state index >= 15 is 0 Å². The number of alkyl halides is 6. The molecule has 0 spiro atoms. The third kappa shape index (κ3) is 7.72. The number of halogens is 6. The molecule has 0 aliphatic carbocycles. The second kappa shape index (κ2) is 14.2. The summed E-state index contributed by atoms with van der Waals surface area (Å²) in [6.07, 6.45) is -8.64. The molecule has 2 aliphatic heterocycles. The van der Waals surface area contributed by atoms with Crippen LogP contribution in [0.25, 0.3) is 11.1 Å². The normalized spacial score (nSPS) is 17.4. The molecule has 1 unspecified atom stereocenters. The van der Waals surface area contributed by atoms with Crippen LogP contribution in [0.5, 0.6) is 0 Å². The van der Waals surface area contributed by atoms with Gasteiger partial charge in [0.15, 0.2) is 0 Å². The Labute approximate surface area is 269 Å². The number of carbonyl (C=O) groups excluding carboxylic acids is 1. The van der Waals surface area contributed by atoms with E-state index in [9.17, 15) is 36.2 Å². The number of hydrogen-bond donors (Lipinski definition) is 2. The van der Waals surface area contributed by atoms with E-state index in [1.54, 1.807) is 30.3 Å². The van der Waals surface area contributed by atoms with Crippen molar-refractivity contribution in [3.63, 3.8) is 0 Å². The molecule has 2 aromatic carbocycles. The Hall–Kier alpha value is -3.72. The standard InChI is InChI=1S/C32H34F6N4O3.CH4O/c1-30(2,21-12-22(31(33,34)35)14-23(13-21)32(36,37)38)29(44)40(3)27-16-39-28(15-26(27)25-7-5-4-6-20(25)18-43)42-9-8-41-10-11-45-19-24(41)17-42;1-2/h4-7,12-16,24,43H,8-11,17-19H2,1-3H3;2H,1H3. The highest BCUT2D eigenvalue weighted by atomic mass is 19.4. The third-order valence-electron chi connectivity index (χ3n) is 8.62. The average Bonchev–Trinajstić information content (AvgIpc) is 3.07. The van der Waals surface area contributed by atoms with Gasteiger partial charge in [0.1, 0.15) is 5.82 Å². The summed E-state index contributed by atoms with van der Waals surface area (Å²) in [7, 11) is 2.41. The Morgan fingerprint density at radius 3 is 2.17 bits per heavy atom. The Bertz CT molecular complexity index is 1530. The first-order valence-corrected chi connectivity index (χ1v) is 14.9. The first-order chi connectivity index (χ1) is 22.1. The lowest BCUT2D eigenvalue weighted by Gasteiger charge is -2.44. The fraction of sp³-hybridized carbons (Fsp3) is 0.455. The molecule has 256 valence electrons. The molecule has 0 radical (unpaired) electrons. The number of rotatable bonds is 6. The van der Waals surface area contributed by atoms with Crippen LogP contribution in [0.1, 0.15) is 36.1 Å². The summed E-state index contributed by atoms with van der Waals surface area (Å²) < 4.78 is 87.5. The topological polar surface area (TPSA) is 89.4 Å². The van der Waals surface area contributed by atoms with Crippen LogP contribution in [0.2, 0.25) is 0 Å². The molecule has 1 atom stereocenters. The number of piperazine rings is 1. The van der Waals surface area contributed by atoms with E-state index in [1.807, 2.05) is 0 Å². The Morgan fingerprint density at radius 2 is 1.55 bits per heavy atom. The number of aliphatic hydroxyl groups excluding tert-OH is 2. The number of aromatic nitrogens is 1. The lowest BCUT2D eigenvalue weighted by molar-refractivity contribution is -0.143. The predicted molar refractivity (Wildman–Crippen MR) is 165 cm³/mol. The van der Waals surface area contributed by atoms with Gasteiger partial charge < -0.3 is 24.7 Å². The molecular weight excluding hydrogens is 630 g/mol. The van der Waals surface area contributed by atoms with Crippen molar-refractivity contribution in [3.05, 3.63) is 77.0 Å². The quantitative estimate of drug-likeness (QED) is 0.343. The highest BCUT2D eigenvalue weighted by Gasteiger charge is 2.41. The first-order valence-electron chi connectivity index (χ1n) is 14.9. The zero-order valence-corrected chi connectivity index (χ0v) is 26.5. The number of amides is 1. The van der Waals surface area contributed by atoms with Crippen molar-refractivity contribution in [2.45, 2.75) is 44.3 Å². The van der Waals surface area contributed by atoms with Gasteiger partial charge in [-0.1, -0.05) is 24.3 Å². The number of fused-ring (bicyclic) bond motifs is 1. The van der Waals surface area contributed by atoms with Crippen LogP contribution in [0.4, 0.5) is 37.8 Å². The van der Waals surface area contributed by atoms with Gasteiger partial charge in [-0.3, -0.25) is 9.69 Å². The molecule has 47 heavy (non-hydrogen) atoms. The zero-order valence-electron chi connectivity index (χ0n) is 26.5. The van der Waals surface area contributed by atoms with Crippen molar-refractivity contribution in [1.29, 1.82) is 0 Å². The van der Waals surface area contributed by atoms with Crippen LogP contribution >= 0.6 is 0 Å². The number of carbonyl (C=O) groups is 1. The van der Waals surface area contributed by atoms with E-state index in [1.165, 1.54) is 32.0 Å². The zero-order chi connectivity index (χ0) is 34.7. The predicted octanol–water partition coefficient (Wildman–Crippen LogP) is 5.35. The minimum absolute atomic E-state index is 0.0413. The number of morpholine rings is 1. The van der Waals surface area contributed by atoms with E-state index in [2.05, 4.69) is 14.8 Å². The summed E-state index contributed by atoms with van der Waals surface area (Å²) in [4.78, 5) is 24.3. The van der Waals surface area contributed by atoms with Crippen molar-refractivity contribution in [3.8, 4) is 11.1 Å². The molecule has 3 heterocycles. The summed E-state index contributed by atoms with van der Waals surface area (Å²) in [5.74, 6) is -0.125. The van der Waals surface area contributed by atoms with E-state index in [-0.39, 0.29) is 24.4 Å². The molecule has 0 bridgehead atoms. The number of pyridine rings is 1. The van der Waals surface area contributed by atoms with Gasteiger partial charge in [0.05, 0.1) is 54.3 Å². The summed E-state index contributed by atoms with van der Waals surface area (Å²) >= 11 is 0. The van der Waals surface area contributed by atoms with Gasteiger partial charge in [0, 0.05) is 45.9 Å². The Morgan fingerprint density at radius 1 is 0.936 bits per heavy atom. The van der Waals surface area contributed by atoms with Crippen molar-refractivity contribution in [2.75, 3.05) is 63.4 Å². The van der Waals surface area contributed by atoms with Gasteiger partial charge in [-0.25, -0.2) is 4.98 Å². The minimum atomic E-state index is -5.06. The molecule has 1 aromatic heterocycles. The number of aliphatic hydroxyl groups is 2. The van der Waals surface area contributed by atoms with Gasteiger partial charge in [-0.05, 0) is 54.8 Å². The van der Waals surface area contributed by atoms with Gasteiger partial charge in [-0.15, -0.1) is 0 Å². The number of nitrogens with zero attached hydrogens (tertiary/aromatic N) is 4. The monoisotopic (exact) mass is 668 g/mol. The molecule has 0 saturated carbocycles. The number of benzene rings is 2. The number of ether oxygens (including phenoxy) is 1. The van der Waals surface area contributed by atoms with Crippen LogP contribution in [0.15, 0.2) is 54.7 Å². The molecular formula is C33H38F6N4O4. The van der Waals surface area contributed by atoms with Crippen LogP contribution in [0, 0.1) is 0 Å². The van der Waals surface area contributed by atoms with Gasteiger partial charge in [0.2, 0.25) is 5.91 Å². The Kier molecular flexibility index (Phi) is 10.9. The minimum Gasteiger partial charge on any atom is -0.400 e. The SMILES string of the molecule is CN(C(=O)C(C)(C)c1cc(C(F)(F)F)cc(C(F)(F)F)c1)c1cnc(N2CCN3CCOCC3C2)cc1-c1ccccc1CO.CO. The van der Waals surface area contributed by atoms with E-state index in [0.29, 0.717) is 60.9 Å². The molecule has 5 rings (SSSR count).